The van der Waals surface area contributed by atoms with Gasteiger partial charge < -0.3 is 10.1 Å². The molecule has 0 aliphatic carbocycles. The monoisotopic (exact) mass is 213 g/mol. The van der Waals surface area contributed by atoms with Crippen LogP contribution < -0.4 is 5.32 Å². The highest BCUT2D eigenvalue weighted by molar-refractivity contribution is 4.73. The van der Waals surface area contributed by atoms with E-state index in [-0.39, 0.29) is 5.54 Å². The summed E-state index contributed by atoms with van der Waals surface area (Å²) < 4.78 is 5.63. The third-order valence-electron chi connectivity index (χ3n) is 2.99. The molecule has 0 bridgehead atoms. The van der Waals surface area contributed by atoms with Crippen LogP contribution in [0.25, 0.3) is 0 Å². The standard InChI is InChI=1S/C13H27NO/c1-11(10-14-13(2,3)4)7-8-12-6-5-9-15-12/h11-12,14H,5-10H2,1-4H3. The first-order valence-corrected chi connectivity index (χ1v) is 6.34. The van der Waals surface area contributed by atoms with Crippen LogP contribution in [0.5, 0.6) is 0 Å². The zero-order valence-electron chi connectivity index (χ0n) is 10.8. The Hall–Kier alpha value is -0.0800. The summed E-state index contributed by atoms with van der Waals surface area (Å²) in [4.78, 5) is 0. The molecule has 1 saturated heterocycles. The van der Waals surface area contributed by atoms with Crippen LogP contribution >= 0.6 is 0 Å². The Kier molecular flexibility index (Phi) is 5.07. The molecule has 2 unspecified atom stereocenters. The normalized spacial score (nSPS) is 24.4. The lowest BCUT2D eigenvalue weighted by molar-refractivity contribution is 0.0984. The van der Waals surface area contributed by atoms with Gasteiger partial charge in [0, 0.05) is 12.1 Å². The van der Waals surface area contributed by atoms with Crippen LogP contribution in [0.15, 0.2) is 0 Å². The highest BCUT2D eigenvalue weighted by Gasteiger charge is 2.17. The molecule has 1 fully saturated rings. The van der Waals surface area contributed by atoms with Gasteiger partial charge in [-0.3, -0.25) is 0 Å². The lowest BCUT2D eigenvalue weighted by Gasteiger charge is -2.24. The Morgan fingerprint density at radius 3 is 2.67 bits per heavy atom. The van der Waals surface area contributed by atoms with Crippen LogP contribution in [0, 0.1) is 5.92 Å². The molecule has 0 saturated carbocycles. The molecule has 1 aliphatic rings. The molecule has 0 radical (unpaired) electrons. The van der Waals surface area contributed by atoms with Gasteiger partial charge in [0.25, 0.3) is 0 Å². The molecule has 0 aromatic carbocycles. The number of hydrogen-bond donors (Lipinski definition) is 1. The van der Waals surface area contributed by atoms with E-state index in [0.29, 0.717) is 6.10 Å². The molecule has 0 amide bonds. The summed E-state index contributed by atoms with van der Waals surface area (Å²) in [6.45, 7) is 11.1. The van der Waals surface area contributed by atoms with Crippen LogP contribution in [0.1, 0.15) is 53.4 Å². The quantitative estimate of drug-likeness (QED) is 0.758. The molecule has 1 heterocycles. The average molecular weight is 213 g/mol. The second-order valence-corrected chi connectivity index (χ2v) is 5.95. The Labute approximate surface area is 94.8 Å². The van der Waals surface area contributed by atoms with Gasteiger partial charge in [0.2, 0.25) is 0 Å². The van der Waals surface area contributed by atoms with Crippen molar-refractivity contribution < 1.29 is 4.74 Å². The van der Waals surface area contributed by atoms with Gasteiger partial charge in [-0.1, -0.05) is 6.92 Å². The minimum Gasteiger partial charge on any atom is -0.378 e. The van der Waals surface area contributed by atoms with Crippen LogP contribution in [0.2, 0.25) is 0 Å². The second-order valence-electron chi connectivity index (χ2n) is 5.95. The van der Waals surface area contributed by atoms with Crippen LogP contribution in [-0.2, 0) is 4.74 Å². The van der Waals surface area contributed by atoms with Gasteiger partial charge in [0.15, 0.2) is 0 Å². The predicted molar refractivity (Wildman–Crippen MR) is 65.1 cm³/mol. The average Bonchev–Trinajstić information content (AvgIpc) is 2.62. The van der Waals surface area contributed by atoms with E-state index in [2.05, 4.69) is 33.0 Å². The number of hydrogen-bond acceptors (Lipinski definition) is 2. The molecule has 90 valence electrons. The van der Waals surface area contributed by atoms with Gasteiger partial charge in [-0.25, -0.2) is 0 Å². The summed E-state index contributed by atoms with van der Waals surface area (Å²) in [5, 5.41) is 3.56. The highest BCUT2D eigenvalue weighted by atomic mass is 16.5. The first kappa shape index (κ1) is 13.0. The summed E-state index contributed by atoms with van der Waals surface area (Å²) in [6.07, 6.45) is 5.63. The van der Waals surface area contributed by atoms with E-state index in [9.17, 15) is 0 Å². The molecular weight excluding hydrogens is 186 g/mol. The van der Waals surface area contributed by atoms with Gasteiger partial charge in [0.05, 0.1) is 6.10 Å². The molecule has 1 rings (SSSR count). The van der Waals surface area contributed by atoms with E-state index < -0.39 is 0 Å². The molecular formula is C13H27NO. The van der Waals surface area contributed by atoms with Crippen LogP contribution in [0.4, 0.5) is 0 Å². The molecule has 2 atom stereocenters. The molecule has 0 aromatic rings. The van der Waals surface area contributed by atoms with E-state index in [1.54, 1.807) is 0 Å². The van der Waals surface area contributed by atoms with E-state index in [0.717, 1.165) is 19.1 Å². The molecule has 1 N–H and O–H groups in total. The Bertz CT molecular complexity index is 168. The van der Waals surface area contributed by atoms with Gasteiger partial charge in [-0.05, 0) is 58.9 Å². The van der Waals surface area contributed by atoms with E-state index in [1.807, 2.05) is 0 Å². The van der Waals surface area contributed by atoms with Crippen molar-refractivity contribution in [2.45, 2.75) is 65.0 Å². The zero-order valence-corrected chi connectivity index (χ0v) is 10.8. The third-order valence-corrected chi connectivity index (χ3v) is 2.99. The van der Waals surface area contributed by atoms with E-state index in [1.165, 1.54) is 25.7 Å². The fourth-order valence-corrected chi connectivity index (χ4v) is 1.92. The van der Waals surface area contributed by atoms with Crippen molar-refractivity contribution in [3.8, 4) is 0 Å². The van der Waals surface area contributed by atoms with E-state index in [4.69, 9.17) is 4.74 Å². The molecule has 15 heavy (non-hydrogen) atoms. The lowest BCUT2D eigenvalue weighted by Crippen LogP contribution is -2.38. The Morgan fingerprint density at radius 1 is 1.40 bits per heavy atom. The molecule has 0 spiro atoms. The largest absolute Gasteiger partial charge is 0.378 e. The van der Waals surface area contributed by atoms with Gasteiger partial charge in [-0.15, -0.1) is 0 Å². The summed E-state index contributed by atoms with van der Waals surface area (Å²) in [7, 11) is 0. The first-order chi connectivity index (χ1) is 6.97. The van der Waals surface area contributed by atoms with E-state index >= 15 is 0 Å². The van der Waals surface area contributed by atoms with Crippen molar-refractivity contribution in [3.05, 3.63) is 0 Å². The Balaban J connectivity index is 2.05. The predicted octanol–water partition coefficient (Wildman–Crippen LogP) is 2.97. The molecule has 2 nitrogen and oxygen atoms in total. The second kappa shape index (κ2) is 5.86. The highest BCUT2D eigenvalue weighted by Crippen LogP contribution is 2.19. The minimum atomic E-state index is 0.248. The number of rotatable bonds is 5. The zero-order chi connectivity index (χ0) is 11.3. The van der Waals surface area contributed by atoms with Crippen LogP contribution in [0.3, 0.4) is 0 Å². The maximum absolute atomic E-state index is 5.63. The van der Waals surface area contributed by atoms with Crippen LogP contribution in [-0.4, -0.2) is 24.8 Å². The maximum atomic E-state index is 5.63. The molecule has 2 heteroatoms. The van der Waals surface area contributed by atoms with Gasteiger partial charge in [-0.2, -0.15) is 0 Å². The number of ether oxygens (including phenoxy) is 1. The van der Waals surface area contributed by atoms with Gasteiger partial charge in [0.1, 0.15) is 0 Å². The maximum Gasteiger partial charge on any atom is 0.0576 e. The third kappa shape index (κ3) is 6.16. The number of nitrogens with one attached hydrogen (secondary N) is 1. The fourth-order valence-electron chi connectivity index (χ4n) is 1.92. The molecule has 0 aromatic heterocycles. The Morgan fingerprint density at radius 2 is 2.13 bits per heavy atom. The SMILES string of the molecule is CC(CCC1CCCO1)CNC(C)(C)C. The fraction of sp³-hybridized carbons (Fsp3) is 1.00. The summed E-state index contributed by atoms with van der Waals surface area (Å²) in [6, 6.07) is 0. The minimum absolute atomic E-state index is 0.248. The molecule has 1 aliphatic heterocycles. The van der Waals surface area contributed by atoms with Crippen molar-refractivity contribution in [2.75, 3.05) is 13.2 Å². The van der Waals surface area contributed by atoms with Crippen molar-refractivity contribution in [2.24, 2.45) is 5.92 Å². The van der Waals surface area contributed by atoms with Gasteiger partial charge >= 0.3 is 0 Å². The van der Waals surface area contributed by atoms with Crippen molar-refractivity contribution in [1.29, 1.82) is 0 Å². The van der Waals surface area contributed by atoms with Crippen molar-refractivity contribution >= 4 is 0 Å². The van der Waals surface area contributed by atoms with Crippen molar-refractivity contribution in [1.82, 2.24) is 5.32 Å². The summed E-state index contributed by atoms with van der Waals surface area (Å²) in [5.74, 6) is 0.758. The van der Waals surface area contributed by atoms with Crippen molar-refractivity contribution in [3.63, 3.8) is 0 Å². The first-order valence-electron chi connectivity index (χ1n) is 6.34. The summed E-state index contributed by atoms with van der Waals surface area (Å²) >= 11 is 0. The smallest absolute Gasteiger partial charge is 0.0576 e. The summed E-state index contributed by atoms with van der Waals surface area (Å²) in [5.41, 5.74) is 0.248. The topological polar surface area (TPSA) is 21.3 Å². The lowest BCUT2D eigenvalue weighted by atomic mass is 10.00.